The van der Waals surface area contributed by atoms with Crippen LogP contribution >= 0.6 is 23.4 Å². The SMILES string of the molecule is CSC(C)C(=O)N(C)Cc1ccc(Cl)nc1. The van der Waals surface area contributed by atoms with Gasteiger partial charge in [0, 0.05) is 19.8 Å². The number of carbonyl (C=O) groups excluding carboxylic acids is 1. The fourth-order valence-corrected chi connectivity index (χ4v) is 1.76. The molecule has 1 heterocycles. The molecule has 0 N–H and O–H groups in total. The molecule has 1 atom stereocenters. The van der Waals surface area contributed by atoms with Gasteiger partial charge in [-0.15, -0.1) is 0 Å². The van der Waals surface area contributed by atoms with Crippen LogP contribution in [0.5, 0.6) is 0 Å². The standard InChI is InChI=1S/C11H15ClN2OS/c1-8(16-3)11(15)14(2)7-9-4-5-10(12)13-6-9/h4-6,8H,7H2,1-3H3. The van der Waals surface area contributed by atoms with Crippen LogP contribution in [0.4, 0.5) is 0 Å². The molecule has 0 saturated carbocycles. The van der Waals surface area contributed by atoms with Crippen LogP contribution in [-0.2, 0) is 11.3 Å². The summed E-state index contributed by atoms with van der Waals surface area (Å²) in [7, 11) is 1.80. The van der Waals surface area contributed by atoms with Gasteiger partial charge in [0.2, 0.25) is 5.91 Å². The first-order valence-corrected chi connectivity index (χ1v) is 6.59. The van der Waals surface area contributed by atoms with Crippen LogP contribution in [0, 0.1) is 0 Å². The second-order valence-corrected chi connectivity index (χ2v) is 5.13. The van der Waals surface area contributed by atoms with Gasteiger partial charge in [-0.25, -0.2) is 4.98 Å². The highest BCUT2D eigenvalue weighted by Crippen LogP contribution is 2.12. The zero-order valence-corrected chi connectivity index (χ0v) is 11.2. The molecule has 0 aliphatic rings. The van der Waals surface area contributed by atoms with Gasteiger partial charge in [-0.05, 0) is 24.8 Å². The first kappa shape index (κ1) is 13.3. The molecule has 0 aromatic carbocycles. The van der Waals surface area contributed by atoms with E-state index in [2.05, 4.69) is 4.98 Å². The minimum atomic E-state index is -0.00902. The molecule has 1 amide bonds. The lowest BCUT2D eigenvalue weighted by atomic mass is 10.2. The molecule has 1 aromatic heterocycles. The van der Waals surface area contributed by atoms with Gasteiger partial charge in [0.25, 0.3) is 0 Å². The molecule has 1 unspecified atom stereocenters. The molecule has 0 aliphatic carbocycles. The average Bonchev–Trinajstić information content (AvgIpc) is 2.30. The molecule has 1 rings (SSSR count). The topological polar surface area (TPSA) is 33.2 Å². The summed E-state index contributed by atoms with van der Waals surface area (Å²) < 4.78 is 0. The lowest BCUT2D eigenvalue weighted by Crippen LogP contribution is -2.32. The van der Waals surface area contributed by atoms with Gasteiger partial charge < -0.3 is 4.90 Å². The number of carbonyl (C=O) groups is 1. The Kier molecular flexibility index (Phi) is 5.09. The van der Waals surface area contributed by atoms with Crippen molar-refractivity contribution in [2.45, 2.75) is 18.7 Å². The van der Waals surface area contributed by atoms with Crippen molar-refractivity contribution >= 4 is 29.3 Å². The van der Waals surface area contributed by atoms with Gasteiger partial charge in [-0.1, -0.05) is 17.7 Å². The zero-order valence-electron chi connectivity index (χ0n) is 9.61. The summed E-state index contributed by atoms with van der Waals surface area (Å²) in [6.45, 7) is 2.47. The maximum atomic E-state index is 11.8. The van der Waals surface area contributed by atoms with E-state index in [1.54, 1.807) is 36.0 Å². The van der Waals surface area contributed by atoms with E-state index in [-0.39, 0.29) is 11.2 Å². The molecular weight excluding hydrogens is 244 g/mol. The number of nitrogens with zero attached hydrogens (tertiary/aromatic N) is 2. The van der Waals surface area contributed by atoms with Crippen molar-refractivity contribution in [1.29, 1.82) is 0 Å². The van der Waals surface area contributed by atoms with E-state index in [4.69, 9.17) is 11.6 Å². The Hall–Kier alpha value is -0.740. The molecule has 5 heteroatoms. The monoisotopic (exact) mass is 258 g/mol. The Morgan fingerprint density at radius 2 is 2.31 bits per heavy atom. The molecule has 0 fully saturated rings. The van der Waals surface area contributed by atoms with Gasteiger partial charge >= 0.3 is 0 Å². The smallest absolute Gasteiger partial charge is 0.235 e. The number of hydrogen-bond acceptors (Lipinski definition) is 3. The molecule has 0 spiro atoms. The number of rotatable bonds is 4. The van der Waals surface area contributed by atoms with Gasteiger partial charge in [-0.2, -0.15) is 11.8 Å². The van der Waals surface area contributed by atoms with Crippen molar-refractivity contribution in [3.05, 3.63) is 29.0 Å². The van der Waals surface area contributed by atoms with Gasteiger partial charge in [0.15, 0.2) is 0 Å². The molecular formula is C11H15ClN2OS. The number of hydrogen-bond donors (Lipinski definition) is 0. The van der Waals surface area contributed by atoms with Crippen molar-refractivity contribution in [1.82, 2.24) is 9.88 Å². The maximum Gasteiger partial charge on any atom is 0.235 e. The molecule has 0 aliphatic heterocycles. The Morgan fingerprint density at radius 1 is 1.62 bits per heavy atom. The maximum absolute atomic E-state index is 11.8. The Balaban J connectivity index is 2.60. The van der Waals surface area contributed by atoms with Crippen molar-refractivity contribution < 1.29 is 4.79 Å². The number of amides is 1. The summed E-state index contributed by atoms with van der Waals surface area (Å²) >= 11 is 7.23. The first-order chi connectivity index (χ1) is 7.54. The lowest BCUT2D eigenvalue weighted by molar-refractivity contribution is -0.129. The molecule has 0 radical (unpaired) electrons. The third kappa shape index (κ3) is 3.68. The minimum absolute atomic E-state index is 0.00902. The summed E-state index contributed by atoms with van der Waals surface area (Å²) in [6.07, 6.45) is 3.62. The summed E-state index contributed by atoms with van der Waals surface area (Å²) in [6, 6.07) is 3.61. The summed E-state index contributed by atoms with van der Waals surface area (Å²) in [5, 5.41) is 0.459. The molecule has 88 valence electrons. The van der Waals surface area contributed by atoms with Crippen LogP contribution in [0.15, 0.2) is 18.3 Å². The quantitative estimate of drug-likeness (QED) is 0.778. The summed E-state index contributed by atoms with van der Waals surface area (Å²) in [5.41, 5.74) is 0.980. The third-order valence-electron chi connectivity index (χ3n) is 2.29. The average molecular weight is 259 g/mol. The molecule has 16 heavy (non-hydrogen) atoms. The number of thioether (sulfide) groups is 1. The van der Waals surface area contributed by atoms with Gasteiger partial charge in [-0.3, -0.25) is 4.79 Å². The predicted octanol–water partition coefficient (Wildman–Crippen LogP) is 2.44. The number of halogens is 1. The van der Waals surface area contributed by atoms with Crippen LogP contribution in [0.3, 0.4) is 0 Å². The van der Waals surface area contributed by atoms with E-state index in [1.807, 2.05) is 19.2 Å². The second-order valence-electron chi connectivity index (χ2n) is 3.56. The van der Waals surface area contributed by atoms with Crippen LogP contribution in [0.25, 0.3) is 0 Å². The van der Waals surface area contributed by atoms with E-state index in [0.717, 1.165) is 5.56 Å². The molecule has 3 nitrogen and oxygen atoms in total. The van der Waals surface area contributed by atoms with Crippen molar-refractivity contribution in [3.63, 3.8) is 0 Å². The lowest BCUT2D eigenvalue weighted by Gasteiger charge is -2.20. The highest BCUT2D eigenvalue weighted by atomic mass is 35.5. The van der Waals surface area contributed by atoms with E-state index < -0.39 is 0 Å². The van der Waals surface area contributed by atoms with E-state index in [1.165, 1.54) is 0 Å². The normalized spacial score (nSPS) is 12.2. The fraction of sp³-hybridized carbons (Fsp3) is 0.455. The Labute approximate surface area is 105 Å². The van der Waals surface area contributed by atoms with E-state index >= 15 is 0 Å². The summed E-state index contributed by atoms with van der Waals surface area (Å²) in [5.74, 6) is 0.127. The Bertz CT molecular complexity index is 356. The third-order valence-corrected chi connectivity index (χ3v) is 3.42. The van der Waals surface area contributed by atoms with Crippen molar-refractivity contribution in [2.24, 2.45) is 0 Å². The number of aromatic nitrogens is 1. The van der Waals surface area contributed by atoms with Crippen LogP contribution in [0.1, 0.15) is 12.5 Å². The van der Waals surface area contributed by atoms with Gasteiger partial charge in [0.05, 0.1) is 5.25 Å². The highest BCUT2D eigenvalue weighted by Gasteiger charge is 2.16. The highest BCUT2D eigenvalue weighted by molar-refractivity contribution is 7.99. The molecule has 0 saturated heterocycles. The Morgan fingerprint density at radius 3 is 2.81 bits per heavy atom. The van der Waals surface area contributed by atoms with Gasteiger partial charge in [0.1, 0.15) is 5.15 Å². The minimum Gasteiger partial charge on any atom is -0.340 e. The van der Waals surface area contributed by atoms with Crippen molar-refractivity contribution in [3.8, 4) is 0 Å². The molecule has 1 aromatic rings. The molecule has 0 bridgehead atoms. The van der Waals surface area contributed by atoms with Crippen LogP contribution in [0.2, 0.25) is 5.15 Å². The second kappa shape index (κ2) is 6.11. The largest absolute Gasteiger partial charge is 0.340 e. The van der Waals surface area contributed by atoms with E-state index in [0.29, 0.717) is 11.7 Å². The van der Waals surface area contributed by atoms with Crippen LogP contribution < -0.4 is 0 Å². The predicted molar refractivity (Wildman–Crippen MR) is 68.7 cm³/mol. The van der Waals surface area contributed by atoms with E-state index in [9.17, 15) is 4.79 Å². The zero-order chi connectivity index (χ0) is 12.1. The van der Waals surface area contributed by atoms with Crippen molar-refractivity contribution in [2.75, 3.05) is 13.3 Å². The fourth-order valence-electron chi connectivity index (χ4n) is 1.26. The first-order valence-electron chi connectivity index (χ1n) is 4.92. The van der Waals surface area contributed by atoms with Crippen LogP contribution in [-0.4, -0.2) is 34.3 Å². The number of pyridine rings is 1. The summed E-state index contributed by atoms with van der Waals surface area (Å²) in [4.78, 5) is 17.5.